The van der Waals surface area contributed by atoms with E-state index in [9.17, 15) is 0 Å². The highest BCUT2D eigenvalue weighted by Crippen LogP contribution is 1.85. The Morgan fingerprint density at radius 3 is 1.56 bits per heavy atom. The van der Waals surface area contributed by atoms with Crippen molar-refractivity contribution in [2.24, 2.45) is 0 Å². The van der Waals surface area contributed by atoms with Gasteiger partial charge in [0.1, 0.15) is 0 Å². The third-order valence-corrected chi connectivity index (χ3v) is 1.15. The molecule has 0 saturated heterocycles. The van der Waals surface area contributed by atoms with Gasteiger partial charge >= 0.3 is 0 Å². The van der Waals surface area contributed by atoms with Crippen LogP contribution in [0.15, 0.2) is 0 Å². The van der Waals surface area contributed by atoms with E-state index < -0.39 is 11.3 Å². The summed E-state index contributed by atoms with van der Waals surface area (Å²) in [5.74, 6) is 0. The van der Waals surface area contributed by atoms with E-state index in [0.717, 1.165) is 0 Å². The predicted octanol–water partition coefficient (Wildman–Crippen LogP) is -1.96. The van der Waals surface area contributed by atoms with E-state index in [1.165, 1.54) is 12.8 Å². The molecule has 0 unspecified atom stereocenters. The molecule has 0 saturated carbocycles. The van der Waals surface area contributed by atoms with Crippen molar-refractivity contribution < 1.29 is 26.4 Å². The first kappa shape index (κ1) is 11.9. The maximum atomic E-state index is 8.24. The fraction of sp³-hybridized carbons (Fsp3) is 1.00. The van der Waals surface area contributed by atoms with Gasteiger partial charge in [0.05, 0.1) is 17.4 Å². The zero-order chi connectivity index (χ0) is 7.70. The fourth-order valence-electron chi connectivity index (χ4n) is 0.289. The molecule has 0 aromatic rings. The van der Waals surface area contributed by atoms with E-state index in [1.807, 2.05) is 0 Å². The Bertz CT molecular complexity index is 41.9. The minimum Gasteiger partial charge on any atom is -0.544 e. The standard InChI is InChI=1S/C5H13N.ClO2/c1-3-5(6)4-2;2-1-3/h5H,3-4,6H2,1-2H3;/q;-1/p+1. The van der Waals surface area contributed by atoms with E-state index in [0.29, 0.717) is 6.04 Å². The van der Waals surface area contributed by atoms with E-state index in [4.69, 9.17) is 9.32 Å². The fourth-order valence-corrected chi connectivity index (χ4v) is 0.289. The molecule has 4 heteroatoms. The summed E-state index contributed by atoms with van der Waals surface area (Å²) >= 11 is -0.417. The van der Waals surface area contributed by atoms with Gasteiger partial charge in [-0.2, -0.15) is 0 Å². The molecule has 0 amide bonds. The molecule has 3 nitrogen and oxygen atoms in total. The highest BCUT2D eigenvalue weighted by molar-refractivity contribution is 4.41. The molecule has 0 radical (unpaired) electrons. The average Bonchev–Trinajstić information content (AvgIpc) is 1.88. The molecular weight excluding hydrogens is 142 g/mol. The third kappa shape index (κ3) is 17.9. The molecule has 0 bridgehead atoms. The molecule has 0 spiro atoms. The van der Waals surface area contributed by atoms with Gasteiger partial charge in [-0.1, -0.05) is 13.8 Å². The smallest absolute Gasteiger partial charge is 0.0878 e. The molecule has 58 valence electrons. The Kier molecular flexibility index (Phi) is 14.6. The Hall–Kier alpha value is 0.170. The van der Waals surface area contributed by atoms with Crippen LogP contribution in [0.5, 0.6) is 0 Å². The Balaban J connectivity index is 0. The van der Waals surface area contributed by atoms with Crippen molar-refractivity contribution in [2.75, 3.05) is 0 Å². The lowest BCUT2D eigenvalue weighted by Crippen LogP contribution is -2.60. The Morgan fingerprint density at radius 1 is 1.33 bits per heavy atom. The summed E-state index contributed by atoms with van der Waals surface area (Å²) in [6, 6.07) is 0.685. The van der Waals surface area contributed by atoms with Crippen molar-refractivity contribution >= 4 is 0 Å². The number of hydrogen-bond donors (Lipinski definition) is 1. The van der Waals surface area contributed by atoms with Gasteiger partial charge in [0, 0.05) is 0 Å². The van der Waals surface area contributed by atoms with Gasteiger partial charge in [-0.25, -0.2) is 0 Å². The summed E-state index contributed by atoms with van der Waals surface area (Å²) in [4.78, 5) is 0. The number of quaternary nitrogens is 1. The van der Waals surface area contributed by atoms with Crippen LogP contribution >= 0.6 is 0 Å². The molecule has 0 heterocycles. The topological polar surface area (TPSA) is 73.8 Å². The highest BCUT2D eigenvalue weighted by atomic mass is 35.6. The summed E-state index contributed by atoms with van der Waals surface area (Å²) in [5, 5.41) is 0. The van der Waals surface area contributed by atoms with Gasteiger partial charge in [0.15, 0.2) is 0 Å². The van der Waals surface area contributed by atoms with Crippen molar-refractivity contribution in [1.82, 2.24) is 0 Å². The van der Waals surface area contributed by atoms with Crippen LogP contribution in [-0.2, 0) is 0 Å². The number of rotatable bonds is 2. The lowest BCUT2D eigenvalue weighted by atomic mass is 10.2. The minimum absolute atomic E-state index is 0.417. The van der Waals surface area contributed by atoms with E-state index in [1.54, 1.807) is 0 Å². The zero-order valence-corrected chi connectivity index (χ0v) is 6.65. The lowest BCUT2D eigenvalue weighted by Gasteiger charge is -1.95. The molecule has 3 N–H and O–H groups in total. The third-order valence-electron chi connectivity index (χ3n) is 1.15. The van der Waals surface area contributed by atoms with E-state index >= 15 is 0 Å². The number of hydrogen-bond acceptors (Lipinski definition) is 2. The number of halogens is 1. The van der Waals surface area contributed by atoms with Crippen LogP contribution in [0.3, 0.4) is 0 Å². The maximum Gasteiger partial charge on any atom is 0.0878 e. The molecule has 0 aliphatic rings. The molecular formula is C5H14ClNO2. The second-order valence-corrected chi connectivity index (χ2v) is 1.87. The predicted molar refractivity (Wildman–Crippen MR) is 27.3 cm³/mol. The van der Waals surface area contributed by atoms with Crippen LogP contribution in [0.1, 0.15) is 26.7 Å². The largest absolute Gasteiger partial charge is 0.544 e. The summed E-state index contributed by atoms with van der Waals surface area (Å²) in [5.41, 5.74) is 3.88. The SMILES string of the molecule is CCC([NH3+])CC.[O-][Cl+][O-]. The summed E-state index contributed by atoms with van der Waals surface area (Å²) < 4.78 is 16.5. The molecule has 0 atom stereocenters. The lowest BCUT2D eigenvalue weighted by molar-refractivity contribution is -1.41. The first-order valence-corrected chi connectivity index (χ1v) is 3.56. The van der Waals surface area contributed by atoms with Crippen LogP contribution in [-0.4, -0.2) is 6.04 Å². The zero-order valence-electron chi connectivity index (χ0n) is 5.89. The van der Waals surface area contributed by atoms with Gasteiger partial charge in [0.25, 0.3) is 0 Å². The van der Waals surface area contributed by atoms with Crippen LogP contribution in [0.4, 0.5) is 0 Å². The van der Waals surface area contributed by atoms with Crippen LogP contribution in [0.25, 0.3) is 0 Å². The van der Waals surface area contributed by atoms with E-state index in [2.05, 4.69) is 19.6 Å². The van der Waals surface area contributed by atoms with Crippen molar-refractivity contribution in [3.63, 3.8) is 0 Å². The summed E-state index contributed by atoms with van der Waals surface area (Å²) in [6.07, 6.45) is 2.44. The van der Waals surface area contributed by atoms with Gasteiger partial charge in [-0.3, -0.25) is 0 Å². The van der Waals surface area contributed by atoms with Crippen LogP contribution < -0.4 is 15.1 Å². The van der Waals surface area contributed by atoms with Crippen molar-refractivity contribution in [3.05, 3.63) is 0 Å². The molecule has 0 aliphatic carbocycles. The summed E-state index contributed by atoms with van der Waals surface area (Å²) in [6.45, 7) is 4.34. The first-order valence-electron chi connectivity index (χ1n) is 2.95. The normalized spacial score (nSPS) is 8.67. The van der Waals surface area contributed by atoms with Crippen LogP contribution in [0.2, 0.25) is 0 Å². The van der Waals surface area contributed by atoms with Gasteiger partial charge in [-0.05, 0) is 12.8 Å². The second kappa shape index (κ2) is 11.0. The van der Waals surface area contributed by atoms with Crippen LogP contribution in [0, 0.1) is 11.3 Å². The van der Waals surface area contributed by atoms with E-state index in [-0.39, 0.29) is 0 Å². The second-order valence-electron chi connectivity index (χ2n) is 1.75. The molecule has 0 fully saturated rings. The first-order chi connectivity index (χ1) is 4.22. The monoisotopic (exact) mass is 155 g/mol. The minimum atomic E-state index is -0.417. The molecule has 0 aromatic heterocycles. The van der Waals surface area contributed by atoms with Crippen molar-refractivity contribution in [3.8, 4) is 0 Å². The average molecular weight is 156 g/mol. The van der Waals surface area contributed by atoms with Crippen molar-refractivity contribution in [1.29, 1.82) is 0 Å². The van der Waals surface area contributed by atoms with Crippen molar-refractivity contribution in [2.45, 2.75) is 32.7 Å². The summed E-state index contributed by atoms with van der Waals surface area (Å²) in [7, 11) is 0. The quantitative estimate of drug-likeness (QED) is 0.503. The highest BCUT2D eigenvalue weighted by Gasteiger charge is 1.93. The van der Waals surface area contributed by atoms with Gasteiger partial charge in [-0.15, -0.1) is 0 Å². The molecule has 0 aliphatic heterocycles. The molecule has 9 heavy (non-hydrogen) atoms. The van der Waals surface area contributed by atoms with Gasteiger partial charge < -0.3 is 15.1 Å². The molecule has 0 aromatic carbocycles. The molecule has 0 rings (SSSR count). The Morgan fingerprint density at radius 2 is 1.56 bits per heavy atom. The Labute approximate surface area is 59.9 Å². The van der Waals surface area contributed by atoms with Gasteiger partial charge in [0.2, 0.25) is 0 Å². The maximum absolute atomic E-state index is 8.24.